The Morgan fingerprint density at radius 3 is 3.17 bits per heavy atom. The van der Waals surface area contributed by atoms with Crippen molar-refractivity contribution < 1.29 is 0 Å². The van der Waals surface area contributed by atoms with Crippen LogP contribution in [0, 0.1) is 0 Å². The molecule has 0 N–H and O–H groups in total. The van der Waals surface area contributed by atoms with Gasteiger partial charge in [0.25, 0.3) is 4.74 Å². The SMILES string of the molecule is O=c1sc2ccncc2cc1Cl. The maximum Gasteiger partial charge on any atom is 0.251 e. The van der Waals surface area contributed by atoms with Gasteiger partial charge in [-0.2, -0.15) is 0 Å². The molecule has 0 aliphatic heterocycles. The molecule has 0 amide bonds. The lowest BCUT2D eigenvalue weighted by Crippen LogP contribution is -1.93. The molecule has 0 saturated carbocycles. The monoisotopic (exact) mass is 197 g/mol. The van der Waals surface area contributed by atoms with E-state index >= 15 is 0 Å². The number of nitrogens with zero attached hydrogens (tertiary/aromatic N) is 1. The Labute approximate surface area is 77.4 Å². The van der Waals surface area contributed by atoms with Crippen LogP contribution < -0.4 is 4.74 Å². The molecule has 0 aliphatic carbocycles. The summed E-state index contributed by atoms with van der Waals surface area (Å²) < 4.78 is 0.815. The fourth-order valence-electron chi connectivity index (χ4n) is 0.939. The molecule has 2 heterocycles. The van der Waals surface area contributed by atoms with Gasteiger partial charge in [-0.05, 0) is 12.1 Å². The Balaban J connectivity index is 2.93. The molecule has 0 radical (unpaired) electrons. The highest BCUT2D eigenvalue weighted by atomic mass is 35.5. The molecular formula is C8H4ClNOS. The highest BCUT2D eigenvalue weighted by molar-refractivity contribution is 7.16. The van der Waals surface area contributed by atoms with Crippen molar-refractivity contribution in [3.63, 3.8) is 0 Å². The van der Waals surface area contributed by atoms with Crippen molar-refractivity contribution in [3.05, 3.63) is 39.1 Å². The Bertz CT molecular complexity index is 480. The van der Waals surface area contributed by atoms with E-state index in [0.29, 0.717) is 0 Å². The lowest BCUT2D eigenvalue weighted by Gasteiger charge is -1.93. The molecule has 0 bridgehead atoms. The molecule has 0 saturated heterocycles. The van der Waals surface area contributed by atoms with Gasteiger partial charge in [0.15, 0.2) is 0 Å². The highest BCUT2D eigenvalue weighted by Gasteiger charge is 1.99. The second-order valence-corrected chi connectivity index (χ2v) is 3.72. The third kappa shape index (κ3) is 1.21. The van der Waals surface area contributed by atoms with E-state index in [1.807, 2.05) is 0 Å². The Hall–Kier alpha value is -0.930. The van der Waals surface area contributed by atoms with Crippen LogP contribution in [0.4, 0.5) is 0 Å². The quantitative estimate of drug-likeness (QED) is 0.649. The van der Waals surface area contributed by atoms with Crippen LogP contribution in [-0.2, 0) is 0 Å². The van der Waals surface area contributed by atoms with E-state index in [0.717, 1.165) is 21.4 Å². The largest absolute Gasteiger partial charge is 0.276 e. The zero-order chi connectivity index (χ0) is 8.55. The van der Waals surface area contributed by atoms with Gasteiger partial charge in [-0.25, -0.2) is 0 Å². The van der Waals surface area contributed by atoms with Crippen molar-refractivity contribution in [2.45, 2.75) is 0 Å². The number of rotatable bonds is 0. The van der Waals surface area contributed by atoms with Crippen LogP contribution in [-0.4, -0.2) is 4.98 Å². The number of hydrogen-bond donors (Lipinski definition) is 0. The molecule has 2 rings (SSSR count). The van der Waals surface area contributed by atoms with Crippen LogP contribution in [0.3, 0.4) is 0 Å². The predicted molar refractivity (Wildman–Crippen MR) is 50.9 cm³/mol. The standard InChI is InChI=1S/C8H4ClNOS/c9-6-3-5-4-10-2-1-7(5)12-8(6)11/h1-4H. The number of pyridine rings is 1. The fourth-order valence-corrected chi connectivity index (χ4v) is 1.89. The summed E-state index contributed by atoms with van der Waals surface area (Å²) in [5.41, 5.74) is 0. The van der Waals surface area contributed by atoms with Gasteiger partial charge in [0.2, 0.25) is 0 Å². The van der Waals surface area contributed by atoms with E-state index in [1.165, 1.54) is 0 Å². The number of halogens is 1. The third-order valence-electron chi connectivity index (χ3n) is 1.49. The Kier molecular flexibility index (Phi) is 1.83. The molecule has 0 aliphatic rings. The lowest BCUT2D eigenvalue weighted by atomic mass is 10.3. The van der Waals surface area contributed by atoms with E-state index in [2.05, 4.69) is 4.98 Å². The summed E-state index contributed by atoms with van der Waals surface area (Å²) in [4.78, 5) is 15.0. The van der Waals surface area contributed by atoms with Gasteiger partial charge < -0.3 is 0 Å². The lowest BCUT2D eigenvalue weighted by molar-refractivity contribution is 1.37. The zero-order valence-corrected chi connectivity index (χ0v) is 7.52. The maximum atomic E-state index is 11.1. The second kappa shape index (κ2) is 2.84. The Morgan fingerprint density at radius 1 is 1.50 bits per heavy atom. The first-order valence-electron chi connectivity index (χ1n) is 3.31. The molecular weight excluding hydrogens is 194 g/mol. The van der Waals surface area contributed by atoms with Crippen molar-refractivity contribution in [2.24, 2.45) is 0 Å². The maximum absolute atomic E-state index is 11.1. The minimum absolute atomic E-state index is 0.102. The van der Waals surface area contributed by atoms with Gasteiger partial charge >= 0.3 is 0 Å². The van der Waals surface area contributed by atoms with Crippen molar-refractivity contribution in [2.75, 3.05) is 0 Å². The summed E-state index contributed by atoms with van der Waals surface area (Å²) >= 11 is 6.80. The summed E-state index contributed by atoms with van der Waals surface area (Å²) in [5, 5.41) is 1.17. The summed E-state index contributed by atoms with van der Waals surface area (Å²) in [5.74, 6) is 0. The van der Waals surface area contributed by atoms with Crippen molar-refractivity contribution in [3.8, 4) is 0 Å². The van der Waals surface area contributed by atoms with E-state index < -0.39 is 0 Å². The molecule has 12 heavy (non-hydrogen) atoms. The molecule has 4 heteroatoms. The highest BCUT2D eigenvalue weighted by Crippen LogP contribution is 2.17. The molecule has 60 valence electrons. The smallest absolute Gasteiger partial charge is 0.251 e. The third-order valence-corrected chi connectivity index (χ3v) is 2.88. The molecule has 2 nitrogen and oxygen atoms in total. The first-order chi connectivity index (χ1) is 5.77. The van der Waals surface area contributed by atoms with Crippen LogP contribution in [0.15, 0.2) is 29.3 Å². The van der Waals surface area contributed by atoms with E-state index in [4.69, 9.17) is 11.6 Å². The normalized spacial score (nSPS) is 10.4. The number of hydrogen-bond acceptors (Lipinski definition) is 3. The van der Waals surface area contributed by atoms with E-state index in [9.17, 15) is 4.79 Å². The Morgan fingerprint density at radius 2 is 2.33 bits per heavy atom. The molecule has 0 aromatic carbocycles. The molecule has 0 atom stereocenters. The summed E-state index contributed by atoms with van der Waals surface area (Å²) in [6.07, 6.45) is 3.35. The molecule has 2 aromatic rings. The average Bonchev–Trinajstić information content (AvgIpc) is 2.07. The average molecular weight is 198 g/mol. The van der Waals surface area contributed by atoms with Crippen LogP contribution >= 0.6 is 22.9 Å². The summed E-state index contributed by atoms with van der Waals surface area (Å²) in [7, 11) is 0. The van der Waals surface area contributed by atoms with Gasteiger partial charge in [0.05, 0.1) is 5.02 Å². The van der Waals surface area contributed by atoms with Crippen molar-refractivity contribution >= 4 is 33.0 Å². The first-order valence-corrected chi connectivity index (χ1v) is 4.50. The molecule has 0 spiro atoms. The number of fused-ring (bicyclic) bond motifs is 1. The van der Waals surface area contributed by atoms with Crippen molar-refractivity contribution in [1.29, 1.82) is 0 Å². The van der Waals surface area contributed by atoms with Gasteiger partial charge in [-0.15, -0.1) is 0 Å². The number of aromatic nitrogens is 1. The van der Waals surface area contributed by atoms with E-state index in [1.54, 1.807) is 24.5 Å². The molecule has 0 fully saturated rings. The van der Waals surface area contributed by atoms with Gasteiger partial charge in [-0.1, -0.05) is 22.9 Å². The van der Waals surface area contributed by atoms with Gasteiger partial charge in [-0.3, -0.25) is 9.78 Å². The minimum atomic E-state index is -0.102. The predicted octanol–water partition coefficient (Wildman–Crippen LogP) is 2.31. The van der Waals surface area contributed by atoms with Crippen LogP contribution in [0.2, 0.25) is 5.02 Å². The van der Waals surface area contributed by atoms with Crippen molar-refractivity contribution in [1.82, 2.24) is 4.98 Å². The summed E-state index contributed by atoms with van der Waals surface area (Å²) in [6, 6.07) is 3.44. The minimum Gasteiger partial charge on any atom is -0.276 e. The fraction of sp³-hybridized carbons (Fsp3) is 0. The zero-order valence-electron chi connectivity index (χ0n) is 5.95. The second-order valence-electron chi connectivity index (χ2n) is 2.30. The van der Waals surface area contributed by atoms with Gasteiger partial charge in [0.1, 0.15) is 0 Å². The molecule has 0 unspecified atom stereocenters. The van der Waals surface area contributed by atoms with Gasteiger partial charge in [0, 0.05) is 22.5 Å². The molecule has 2 aromatic heterocycles. The van der Waals surface area contributed by atoms with E-state index in [-0.39, 0.29) is 9.77 Å². The van der Waals surface area contributed by atoms with Crippen LogP contribution in [0.5, 0.6) is 0 Å². The first kappa shape index (κ1) is 7.71. The van der Waals surface area contributed by atoms with Crippen LogP contribution in [0.1, 0.15) is 0 Å². The van der Waals surface area contributed by atoms with Crippen LogP contribution in [0.25, 0.3) is 10.1 Å². The summed E-state index contributed by atoms with van der Waals surface area (Å²) in [6.45, 7) is 0. The topological polar surface area (TPSA) is 30.0 Å².